The fraction of sp³-hybridized carbons (Fsp3) is 0.0526. The molecule has 0 spiro atoms. The van der Waals surface area contributed by atoms with E-state index in [1.807, 2.05) is 30.3 Å². The van der Waals surface area contributed by atoms with Gasteiger partial charge in [-0.3, -0.25) is 0 Å². The molecule has 0 aliphatic carbocycles. The molecule has 0 aliphatic heterocycles. The highest BCUT2D eigenvalue weighted by molar-refractivity contribution is 6.00. The number of fused-ring (bicyclic) bond motifs is 1. The SMILES string of the molecule is C#CCOc1ccc(/C=C/c2nc3c(C(=O)[O-])cccc3[nH]2)cc1. The molecule has 0 saturated heterocycles. The number of nitrogens with one attached hydrogen (secondary N) is 1. The van der Waals surface area contributed by atoms with Crippen molar-refractivity contribution in [3.05, 3.63) is 59.4 Å². The summed E-state index contributed by atoms with van der Waals surface area (Å²) in [5.74, 6) is 2.43. The molecule has 24 heavy (non-hydrogen) atoms. The monoisotopic (exact) mass is 317 g/mol. The smallest absolute Gasteiger partial charge is 0.148 e. The Morgan fingerprint density at radius 1 is 1.25 bits per heavy atom. The van der Waals surface area contributed by atoms with E-state index in [1.54, 1.807) is 18.2 Å². The van der Waals surface area contributed by atoms with Gasteiger partial charge in [-0.25, -0.2) is 4.98 Å². The van der Waals surface area contributed by atoms with Gasteiger partial charge in [-0.05, 0) is 29.8 Å². The summed E-state index contributed by atoms with van der Waals surface area (Å²) in [7, 11) is 0. The van der Waals surface area contributed by atoms with Gasteiger partial charge in [-0.2, -0.15) is 0 Å². The standard InChI is InChI=1S/C19H14N2O3/c1-2-12-24-14-9-6-13(7-10-14)8-11-17-20-16-5-3-4-15(19(22)23)18(16)21-17/h1,3-11H,12H2,(H,20,21)(H,22,23)/p-1/b11-8+. The highest BCUT2D eigenvalue weighted by Gasteiger charge is 2.06. The lowest BCUT2D eigenvalue weighted by molar-refractivity contribution is -0.254. The number of imidazole rings is 1. The first-order valence-corrected chi connectivity index (χ1v) is 7.22. The molecule has 3 aromatic rings. The van der Waals surface area contributed by atoms with Crippen LogP contribution in [0.1, 0.15) is 21.7 Å². The normalized spacial score (nSPS) is 10.8. The van der Waals surface area contributed by atoms with Gasteiger partial charge in [-0.15, -0.1) is 6.42 Å². The number of ether oxygens (including phenoxy) is 1. The molecular weight excluding hydrogens is 304 g/mol. The van der Waals surface area contributed by atoms with Crippen LogP contribution in [0.25, 0.3) is 23.2 Å². The molecule has 0 radical (unpaired) electrons. The Morgan fingerprint density at radius 2 is 2.04 bits per heavy atom. The molecule has 0 atom stereocenters. The molecule has 0 amide bonds. The van der Waals surface area contributed by atoms with E-state index in [-0.39, 0.29) is 12.2 Å². The van der Waals surface area contributed by atoms with Gasteiger partial charge in [0.15, 0.2) is 0 Å². The van der Waals surface area contributed by atoms with Crippen molar-refractivity contribution in [2.75, 3.05) is 6.61 Å². The van der Waals surface area contributed by atoms with E-state index < -0.39 is 5.97 Å². The summed E-state index contributed by atoms with van der Waals surface area (Å²) in [6.07, 6.45) is 8.78. The minimum Gasteiger partial charge on any atom is -0.545 e. The summed E-state index contributed by atoms with van der Waals surface area (Å²) >= 11 is 0. The number of carboxylic acid groups (broad SMARTS) is 1. The van der Waals surface area contributed by atoms with Gasteiger partial charge >= 0.3 is 0 Å². The maximum atomic E-state index is 11.1. The summed E-state index contributed by atoms with van der Waals surface area (Å²) in [5.41, 5.74) is 2.05. The molecule has 0 aliphatic rings. The third-order valence-corrected chi connectivity index (χ3v) is 3.39. The van der Waals surface area contributed by atoms with E-state index in [0.717, 1.165) is 5.56 Å². The maximum Gasteiger partial charge on any atom is 0.148 e. The fourth-order valence-corrected chi connectivity index (χ4v) is 2.27. The maximum absolute atomic E-state index is 11.1. The van der Waals surface area contributed by atoms with Crippen LogP contribution in [0, 0.1) is 12.3 Å². The minimum atomic E-state index is -1.25. The number of benzene rings is 2. The third-order valence-electron chi connectivity index (χ3n) is 3.39. The molecule has 5 nitrogen and oxygen atoms in total. The highest BCUT2D eigenvalue weighted by Crippen LogP contribution is 2.18. The number of aromatic nitrogens is 2. The molecule has 5 heteroatoms. The van der Waals surface area contributed by atoms with E-state index >= 15 is 0 Å². The molecular formula is C19H13N2O3-. The van der Waals surface area contributed by atoms with Crippen molar-refractivity contribution in [1.82, 2.24) is 9.97 Å². The molecule has 1 heterocycles. The molecule has 1 aromatic heterocycles. The van der Waals surface area contributed by atoms with Gasteiger partial charge in [0.1, 0.15) is 18.2 Å². The number of nitrogens with zero attached hydrogens (tertiary/aromatic N) is 1. The topological polar surface area (TPSA) is 78.0 Å². The van der Waals surface area contributed by atoms with Crippen LogP contribution in [0.5, 0.6) is 5.75 Å². The molecule has 2 aromatic carbocycles. The number of carbonyl (C=O) groups excluding carboxylic acids is 1. The number of carboxylic acids is 1. The number of rotatable bonds is 5. The Labute approximate surface area is 138 Å². The van der Waals surface area contributed by atoms with Gasteiger partial charge in [-0.1, -0.05) is 36.3 Å². The Bertz CT molecular complexity index is 947. The first-order valence-electron chi connectivity index (χ1n) is 7.22. The fourth-order valence-electron chi connectivity index (χ4n) is 2.27. The lowest BCUT2D eigenvalue weighted by Gasteiger charge is -2.01. The van der Waals surface area contributed by atoms with Crippen molar-refractivity contribution < 1.29 is 14.6 Å². The van der Waals surface area contributed by atoms with E-state index in [0.29, 0.717) is 22.6 Å². The number of hydrogen-bond donors (Lipinski definition) is 1. The number of H-pyrrole nitrogens is 1. The van der Waals surface area contributed by atoms with Crippen LogP contribution in [0.4, 0.5) is 0 Å². The quantitative estimate of drug-likeness (QED) is 0.731. The van der Waals surface area contributed by atoms with E-state index in [9.17, 15) is 9.90 Å². The second kappa shape index (κ2) is 6.71. The van der Waals surface area contributed by atoms with Crippen LogP contribution in [-0.2, 0) is 0 Å². The Hall–Kier alpha value is -3.52. The second-order valence-electron chi connectivity index (χ2n) is 5.01. The third kappa shape index (κ3) is 3.28. The van der Waals surface area contributed by atoms with Crippen molar-refractivity contribution in [3.63, 3.8) is 0 Å². The van der Waals surface area contributed by atoms with Crippen LogP contribution >= 0.6 is 0 Å². The number of carbonyl (C=O) groups is 1. The van der Waals surface area contributed by atoms with Crippen LogP contribution in [0.15, 0.2) is 42.5 Å². The van der Waals surface area contributed by atoms with Crippen molar-refractivity contribution in [1.29, 1.82) is 0 Å². The summed E-state index contributed by atoms with van der Waals surface area (Å²) in [6.45, 7) is 0.231. The van der Waals surface area contributed by atoms with E-state index in [4.69, 9.17) is 11.2 Å². The first kappa shape index (κ1) is 15.4. The largest absolute Gasteiger partial charge is 0.545 e. The predicted octanol–water partition coefficient (Wildman–Crippen LogP) is 2.11. The summed E-state index contributed by atoms with van der Waals surface area (Å²) in [4.78, 5) is 18.5. The highest BCUT2D eigenvalue weighted by atomic mass is 16.5. The van der Waals surface area contributed by atoms with Crippen molar-refractivity contribution >= 4 is 29.2 Å². The molecule has 3 rings (SSSR count). The number of para-hydroxylation sites is 1. The van der Waals surface area contributed by atoms with Gasteiger partial charge in [0.05, 0.1) is 17.0 Å². The molecule has 0 saturated carbocycles. The van der Waals surface area contributed by atoms with Crippen LogP contribution in [0.3, 0.4) is 0 Å². The average molecular weight is 317 g/mol. The zero-order chi connectivity index (χ0) is 16.9. The Morgan fingerprint density at radius 3 is 2.75 bits per heavy atom. The van der Waals surface area contributed by atoms with Crippen molar-refractivity contribution in [2.24, 2.45) is 0 Å². The number of hydrogen-bond acceptors (Lipinski definition) is 4. The minimum absolute atomic E-state index is 0.0680. The zero-order valence-electron chi connectivity index (χ0n) is 12.7. The predicted molar refractivity (Wildman–Crippen MR) is 90.1 cm³/mol. The summed E-state index contributed by atoms with van der Waals surface area (Å²) in [6, 6.07) is 12.3. The van der Waals surface area contributed by atoms with Crippen molar-refractivity contribution in [2.45, 2.75) is 0 Å². The molecule has 118 valence electrons. The lowest BCUT2D eigenvalue weighted by atomic mass is 10.2. The second-order valence-corrected chi connectivity index (χ2v) is 5.01. The Balaban J connectivity index is 1.82. The molecule has 0 bridgehead atoms. The van der Waals surface area contributed by atoms with Crippen LogP contribution < -0.4 is 9.84 Å². The Kier molecular flexibility index (Phi) is 4.30. The van der Waals surface area contributed by atoms with Gasteiger partial charge in [0.2, 0.25) is 0 Å². The number of aromatic amines is 1. The van der Waals surface area contributed by atoms with Gasteiger partial charge < -0.3 is 19.6 Å². The first-order chi connectivity index (χ1) is 11.7. The zero-order valence-corrected chi connectivity index (χ0v) is 12.7. The van der Waals surface area contributed by atoms with Crippen molar-refractivity contribution in [3.8, 4) is 18.1 Å². The summed E-state index contributed by atoms with van der Waals surface area (Å²) < 4.78 is 5.31. The van der Waals surface area contributed by atoms with E-state index in [2.05, 4.69) is 15.9 Å². The average Bonchev–Trinajstić information content (AvgIpc) is 3.01. The van der Waals surface area contributed by atoms with Crippen LogP contribution in [0.2, 0.25) is 0 Å². The van der Waals surface area contributed by atoms with Gasteiger partial charge in [0.25, 0.3) is 0 Å². The number of aromatic carboxylic acids is 1. The van der Waals surface area contributed by atoms with Crippen LogP contribution in [-0.4, -0.2) is 22.5 Å². The van der Waals surface area contributed by atoms with E-state index in [1.165, 1.54) is 6.07 Å². The lowest BCUT2D eigenvalue weighted by Crippen LogP contribution is -2.22. The molecule has 1 N–H and O–H groups in total. The summed E-state index contributed by atoms with van der Waals surface area (Å²) in [5, 5.41) is 11.1. The van der Waals surface area contributed by atoms with Gasteiger partial charge in [0, 0.05) is 5.56 Å². The molecule has 0 fully saturated rings. The molecule has 0 unspecified atom stereocenters. The number of terminal acetylenes is 1.